The lowest BCUT2D eigenvalue weighted by Crippen LogP contribution is -2.10. The zero-order chi connectivity index (χ0) is 19.2. The number of fused-ring (bicyclic) bond motifs is 1. The first-order valence-electron chi connectivity index (χ1n) is 9.62. The highest BCUT2D eigenvalue weighted by Gasteiger charge is 2.11. The molecule has 0 aliphatic carbocycles. The molecule has 1 heterocycles. The number of imidazole rings is 1. The molecule has 4 rings (SSSR count). The molecule has 3 aromatic carbocycles. The molecule has 0 radical (unpaired) electrons. The van der Waals surface area contributed by atoms with Gasteiger partial charge in [0.2, 0.25) is 0 Å². The SMILES string of the molecule is Cc1ccccc1OCCCn1c(COc2ccccc2)nc2ccccc21. The molecular formula is C24H24N2O2. The Bertz CT molecular complexity index is 1040. The summed E-state index contributed by atoms with van der Waals surface area (Å²) >= 11 is 0. The van der Waals surface area contributed by atoms with Gasteiger partial charge in [0.15, 0.2) is 0 Å². The van der Waals surface area contributed by atoms with Crippen LogP contribution in [0.2, 0.25) is 0 Å². The maximum Gasteiger partial charge on any atom is 0.147 e. The van der Waals surface area contributed by atoms with E-state index in [2.05, 4.69) is 23.6 Å². The summed E-state index contributed by atoms with van der Waals surface area (Å²) in [6.45, 7) is 4.01. The number of benzene rings is 3. The van der Waals surface area contributed by atoms with Crippen molar-refractivity contribution >= 4 is 11.0 Å². The van der Waals surface area contributed by atoms with Gasteiger partial charge in [0, 0.05) is 6.54 Å². The van der Waals surface area contributed by atoms with E-state index in [1.165, 1.54) is 0 Å². The fraction of sp³-hybridized carbons (Fsp3) is 0.208. The molecule has 0 N–H and O–H groups in total. The molecule has 0 amide bonds. The quantitative estimate of drug-likeness (QED) is 0.389. The van der Waals surface area contributed by atoms with Crippen LogP contribution in [0.5, 0.6) is 11.5 Å². The smallest absolute Gasteiger partial charge is 0.147 e. The van der Waals surface area contributed by atoms with Crippen molar-refractivity contribution in [3.8, 4) is 11.5 Å². The van der Waals surface area contributed by atoms with Crippen molar-refractivity contribution in [3.05, 3.63) is 90.3 Å². The summed E-state index contributed by atoms with van der Waals surface area (Å²) in [6, 6.07) is 26.2. The summed E-state index contributed by atoms with van der Waals surface area (Å²) in [5.41, 5.74) is 3.28. The standard InChI is InChI=1S/C24H24N2O2/c1-19-10-5-8-15-23(19)27-17-9-16-26-22-14-7-6-13-21(22)25-24(26)18-28-20-11-3-2-4-12-20/h2-8,10-15H,9,16-18H2,1H3. The number of hydrogen-bond donors (Lipinski definition) is 0. The predicted molar refractivity (Wildman–Crippen MR) is 112 cm³/mol. The van der Waals surface area contributed by atoms with Gasteiger partial charge in [-0.2, -0.15) is 0 Å². The molecule has 4 nitrogen and oxygen atoms in total. The van der Waals surface area contributed by atoms with Crippen molar-refractivity contribution in [1.29, 1.82) is 0 Å². The number of nitrogens with zero attached hydrogens (tertiary/aromatic N) is 2. The molecule has 0 aliphatic heterocycles. The molecule has 0 fully saturated rings. The first-order valence-corrected chi connectivity index (χ1v) is 9.62. The topological polar surface area (TPSA) is 36.3 Å². The summed E-state index contributed by atoms with van der Waals surface area (Å²) < 4.78 is 14.1. The van der Waals surface area contributed by atoms with Gasteiger partial charge in [-0.25, -0.2) is 4.98 Å². The van der Waals surface area contributed by atoms with Gasteiger partial charge >= 0.3 is 0 Å². The molecule has 0 aliphatic rings. The number of aryl methyl sites for hydroxylation is 2. The van der Waals surface area contributed by atoms with Gasteiger partial charge in [0.05, 0.1) is 17.6 Å². The normalized spacial score (nSPS) is 10.9. The molecule has 4 aromatic rings. The second kappa shape index (κ2) is 8.61. The van der Waals surface area contributed by atoms with Crippen molar-refractivity contribution in [2.75, 3.05) is 6.61 Å². The molecule has 0 atom stereocenters. The van der Waals surface area contributed by atoms with E-state index in [9.17, 15) is 0 Å². The largest absolute Gasteiger partial charge is 0.493 e. The zero-order valence-corrected chi connectivity index (χ0v) is 16.0. The summed E-state index contributed by atoms with van der Waals surface area (Å²) in [5, 5.41) is 0. The monoisotopic (exact) mass is 372 g/mol. The van der Waals surface area contributed by atoms with Gasteiger partial charge in [0.1, 0.15) is 23.9 Å². The predicted octanol–water partition coefficient (Wildman–Crippen LogP) is 5.39. The first kappa shape index (κ1) is 18.1. The third-order valence-electron chi connectivity index (χ3n) is 4.72. The summed E-state index contributed by atoms with van der Waals surface area (Å²) in [5.74, 6) is 2.73. The Morgan fingerprint density at radius 3 is 2.43 bits per heavy atom. The van der Waals surface area contributed by atoms with Crippen molar-refractivity contribution < 1.29 is 9.47 Å². The van der Waals surface area contributed by atoms with E-state index in [1.807, 2.05) is 66.7 Å². The second-order valence-electron chi connectivity index (χ2n) is 6.74. The molecule has 0 spiro atoms. The lowest BCUT2D eigenvalue weighted by molar-refractivity contribution is 0.280. The summed E-state index contributed by atoms with van der Waals surface area (Å²) in [4.78, 5) is 4.78. The van der Waals surface area contributed by atoms with Crippen LogP contribution in [0.3, 0.4) is 0 Å². The minimum atomic E-state index is 0.442. The lowest BCUT2D eigenvalue weighted by atomic mass is 10.2. The van der Waals surface area contributed by atoms with Crippen LogP contribution in [0.4, 0.5) is 0 Å². The van der Waals surface area contributed by atoms with Crippen LogP contribution in [0, 0.1) is 6.92 Å². The van der Waals surface area contributed by atoms with Crippen molar-refractivity contribution in [2.24, 2.45) is 0 Å². The number of rotatable bonds is 8. The minimum Gasteiger partial charge on any atom is -0.493 e. The van der Waals surface area contributed by atoms with Crippen molar-refractivity contribution in [1.82, 2.24) is 9.55 Å². The molecule has 0 bridgehead atoms. The second-order valence-corrected chi connectivity index (χ2v) is 6.74. The van der Waals surface area contributed by atoms with E-state index in [1.54, 1.807) is 0 Å². The summed E-state index contributed by atoms with van der Waals surface area (Å²) in [6.07, 6.45) is 0.896. The van der Waals surface area contributed by atoms with E-state index in [-0.39, 0.29) is 0 Å². The van der Waals surface area contributed by atoms with Crippen LogP contribution in [0.25, 0.3) is 11.0 Å². The number of ether oxygens (including phenoxy) is 2. The van der Waals surface area contributed by atoms with E-state index in [0.29, 0.717) is 13.2 Å². The number of aromatic nitrogens is 2. The Morgan fingerprint density at radius 2 is 1.57 bits per heavy atom. The lowest BCUT2D eigenvalue weighted by Gasteiger charge is -2.12. The minimum absolute atomic E-state index is 0.442. The van der Waals surface area contributed by atoms with E-state index < -0.39 is 0 Å². The number of para-hydroxylation sites is 4. The van der Waals surface area contributed by atoms with E-state index >= 15 is 0 Å². The first-order chi connectivity index (χ1) is 13.8. The van der Waals surface area contributed by atoms with Gasteiger partial charge < -0.3 is 14.0 Å². The van der Waals surface area contributed by atoms with Gasteiger partial charge in [0.25, 0.3) is 0 Å². The molecule has 0 saturated heterocycles. The highest BCUT2D eigenvalue weighted by Crippen LogP contribution is 2.20. The molecule has 0 unspecified atom stereocenters. The molecule has 1 aromatic heterocycles. The van der Waals surface area contributed by atoms with Crippen LogP contribution < -0.4 is 9.47 Å². The third kappa shape index (κ3) is 4.17. The Kier molecular flexibility index (Phi) is 5.57. The van der Waals surface area contributed by atoms with Crippen LogP contribution in [-0.2, 0) is 13.2 Å². The molecular weight excluding hydrogens is 348 g/mol. The summed E-state index contributed by atoms with van der Waals surface area (Å²) in [7, 11) is 0. The van der Waals surface area contributed by atoms with Crippen LogP contribution in [0.15, 0.2) is 78.9 Å². The zero-order valence-electron chi connectivity index (χ0n) is 16.0. The van der Waals surface area contributed by atoms with Crippen LogP contribution in [0.1, 0.15) is 17.8 Å². The Balaban J connectivity index is 1.45. The molecule has 142 valence electrons. The van der Waals surface area contributed by atoms with E-state index in [4.69, 9.17) is 14.5 Å². The fourth-order valence-electron chi connectivity index (χ4n) is 3.27. The van der Waals surface area contributed by atoms with Gasteiger partial charge in [-0.15, -0.1) is 0 Å². The molecule has 0 saturated carbocycles. The number of hydrogen-bond acceptors (Lipinski definition) is 3. The van der Waals surface area contributed by atoms with E-state index in [0.717, 1.165) is 46.9 Å². The fourth-order valence-corrected chi connectivity index (χ4v) is 3.27. The maximum absolute atomic E-state index is 5.95. The van der Waals surface area contributed by atoms with Gasteiger partial charge in [-0.05, 0) is 49.2 Å². The third-order valence-corrected chi connectivity index (χ3v) is 4.72. The van der Waals surface area contributed by atoms with Crippen molar-refractivity contribution in [3.63, 3.8) is 0 Å². The Labute approximate surface area is 165 Å². The maximum atomic E-state index is 5.95. The van der Waals surface area contributed by atoms with Crippen LogP contribution in [-0.4, -0.2) is 16.2 Å². The highest BCUT2D eigenvalue weighted by atomic mass is 16.5. The average molecular weight is 372 g/mol. The average Bonchev–Trinajstić information content (AvgIpc) is 3.09. The molecule has 28 heavy (non-hydrogen) atoms. The Hall–Kier alpha value is -3.27. The van der Waals surface area contributed by atoms with Gasteiger partial charge in [-0.3, -0.25) is 0 Å². The van der Waals surface area contributed by atoms with Crippen LogP contribution >= 0.6 is 0 Å². The van der Waals surface area contributed by atoms with Gasteiger partial charge in [-0.1, -0.05) is 48.5 Å². The van der Waals surface area contributed by atoms with Crippen molar-refractivity contribution in [2.45, 2.75) is 26.5 Å². The Morgan fingerprint density at radius 1 is 0.821 bits per heavy atom. The molecule has 4 heteroatoms. The highest BCUT2D eigenvalue weighted by molar-refractivity contribution is 5.75.